The second-order valence-electron chi connectivity index (χ2n) is 5.23. The minimum Gasteiger partial charge on any atom is -0.409 e. The molecule has 1 atom stereocenters. The van der Waals surface area contributed by atoms with E-state index >= 15 is 0 Å². The summed E-state index contributed by atoms with van der Waals surface area (Å²) in [5.41, 5.74) is 5.46. The van der Waals surface area contributed by atoms with Gasteiger partial charge in [-0.25, -0.2) is 0 Å². The molecule has 1 aliphatic heterocycles. The molecule has 0 bridgehead atoms. The van der Waals surface area contributed by atoms with Gasteiger partial charge in [-0.1, -0.05) is 25.9 Å². The van der Waals surface area contributed by atoms with E-state index in [0.717, 1.165) is 13.1 Å². The van der Waals surface area contributed by atoms with Crippen LogP contribution in [0.3, 0.4) is 0 Å². The van der Waals surface area contributed by atoms with Gasteiger partial charge in [0.1, 0.15) is 0 Å². The van der Waals surface area contributed by atoms with Gasteiger partial charge in [-0.2, -0.15) is 0 Å². The van der Waals surface area contributed by atoms with Gasteiger partial charge in [0.15, 0.2) is 5.84 Å². The maximum absolute atomic E-state index is 12.1. The lowest BCUT2D eigenvalue weighted by Crippen LogP contribution is -2.52. The molecule has 1 rings (SSSR count). The Morgan fingerprint density at radius 1 is 1.28 bits per heavy atom. The first-order valence-corrected chi connectivity index (χ1v) is 6.43. The first kappa shape index (κ1) is 14.8. The van der Waals surface area contributed by atoms with Crippen molar-refractivity contribution in [1.82, 2.24) is 9.80 Å². The fourth-order valence-electron chi connectivity index (χ4n) is 1.96. The Kier molecular flexibility index (Phi) is 5.40. The van der Waals surface area contributed by atoms with E-state index in [2.05, 4.69) is 23.9 Å². The van der Waals surface area contributed by atoms with Crippen molar-refractivity contribution in [1.29, 1.82) is 0 Å². The Morgan fingerprint density at radius 2 is 1.83 bits per heavy atom. The number of rotatable bonds is 4. The molecule has 3 N–H and O–H groups in total. The number of carbonyl (C=O) groups is 1. The monoisotopic (exact) mass is 256 g/mol. The first-order chi connectivity index (χ1) is 8.45. The third kappa shape index (κ3) is 3.87. The summed E-state index contributed by atoms with van der Waals surface area (Å²) in [6, 6.07) is 0. The summed E-state index contributed by atoms with van der Waals surface area (Å²) in [5, 5.41) is 11.5. The Hall–Kier alpha value is -1.30. The highest BCUT2D eigenvalue weighted by Crippen LogP contribution is 2.14. The van der Waals surface area contributed by atoms with Gasteiger partial charge in [0.05, 0.1) is 6.54 Å². The number of nitrogens with zero attached hydrogens (tertiary/aromatic N) is 3. The molecule has 104 valence electrons. The molecule has 0 aromatic rings. The van der Waals surface area contributed by atoms with E-state index in [1.54, 1.807) is 0 Å². The van der Waals surface area contributed by atoms with Crippen LogP contribution >= 0.6 is 0 Å². The highest BCUT2D eigenvalue weighted by molar-refractivity contribution is 5.81. The van der Waals surface area contributed by atoms with Crippen molar-refractivity contribution in [3.05, 3.63) is 0 Å². The van der Waals surface area contributed by atoms with Crippen LogP contribution in [0.4, 0.5) is 0 Å². The van der Waals surface area contributed by atoms with Crippen molar-refractivity contribution in [2.75, 3.05) is 32.7 Å². The fraction of sp³-hybridized carbons (Fsp3) is 0.833. The lowest BCUT2D eigenvalue weighted by molar-refractivity contribution is -0.138. The quantitative estimate of drug-likeness (QED) is 0.325. The van der Waals surface area contributed by atoms with E-state index in [0.29, 0.717) is 25.6 Å². The minimum absolute atomic E-state index is 0.0700. The van der Waals surface area contributed by atoms with Gasteiger partial charge in [0.25, 0.3) is 0 Å². The molecule has 0 radical (unpaired) electrons. The smallest absolute Gasteiger partial charge is 0.225 e. The van der Waals surface area contributed by atoms with Crippen molar-refractivity contribution in [3.63, 3.8) is 0 Å². The molecule has 0 aliphatic carbocycles. The number of piperazine rings is 1. The molecule has 1 fully saturated rings. The maximum atomic E-state index is 12.1. The summed E-state index contributed by atoms with van der Waals surface area (Å²) in [4.78, 5) is 16.1. The van der Waals surface area contributed by atoms with E-state index in [1.165, 1.54) is 0 Å². The largest absolute Gasteiger partial charge is 0.409 e. The summed E-state index contributed by atoms with van der Waals surface area (Å²) in [6.45, 7) is 9.55. The molecule has 1 saturated heterocycles. The number of carbonyl (C=O) groups excluding carboxylic acids is 1. The number of amidine groups is 1. The van der Waals surface area contributed by atoms with Crippen LogP contribution in [0, 0.1) is 11.8 Å². The lowest BCUT2D eigenvalue weighted by Gasteiger charge is -2.36. The van der Waals surface area contributed by atoms with Gasteiger partial charge in [0, 0.05) is 32.1 Å². The van der Waals surface area contributed by atoms with E-state index in [1.807, 2.05) is 11.8 Å². The topological polar surface area (TPSA) is 82.2 Å². The van der Waals surface area contributed by atoms with Crippen LogP contribution in [-0.2, 0) is 4.79 Å². The van der Waals surface area contributed by atoms with E-state index < -0.39 is 0 Å². The molecule has 1 unspecified atom stereocenters. The Bertz CT molecular complexity index is 309. The van der Waals surface area contributed by atoms with Gasteiger partial charge in [-0.15, -0.1) is 0 Å². The van der Waals surface area contributed by atoms with Gasteiger partial charge in [0.2, 0.25) is 5.91 Å². The Morgan fingerprint density at radius 3 is 2.28 bits per heavy atom. The minimum atomic E-state index is 0.0700. The van der Waals surface area contributed by atoms with E-state index in [4.69, 9.17) is 10.9 Å². The second-order valence-corrected chi connectivity index (χ2v) is 5.23. The van der Waals surface area contributed by atoms with Crippen molar-refractivity contribution in [3.8, 4) is 0 Å². The second kappa shape index (κ2) is 6.58. The number of nitrogens with two attached hydrogens (primary N) is 1. The van der Waals surface area contributed by atoms with Crippen LogP contribution in [0.2, 0.25) is 0 Å². The van der Waals surface area contributed by atoms with Crippen molar-refractivity contribution >= 4 is 11.7 Å². The highest BCUT2D eigenvalue weighted by atomic mass is 16.4. The number of oxime groups is 1. The lowest BCUT2D eigenvalue weighted by atomic mass is 9.96. The number of hydrogen-bond acceptors (Lipinski definition) is 4. The standard InChI is InChI=1S/C12H24N4O2/c1-9(2)10(3)12(17)16-6-4-15(5-7-16)8-11(13)14-18/h9-10,18H,4-8H2,1-3H3,(H2,13,14). The average Bonchev–Trinajstić information content (AvgIpc) is 2.37. The third-order valence-electron chi connectivity index (χ3n) is 3.59. The molecular formula is C12H24N4O2. The van der Waals surface area contributed by atoms with Crippen LogP contribution in [0.5, 0.6) is 0 Å². The van der Waals surface area contributed by atoms with Crippen molar-refractivity contribution < 1.29 is 10.0 Å². The number of amides is 1. The maximum Gasteiger partial charge on any atom is 0.225 e. The molecule has 6 nitrogen and oxygen atoms in total. The van der Waals surface area contributed by atoms with Gasteiger partial charge in [-0.3, -0.25) is 9.69 Å². The van der Waals surface area contributed by atoms with Crippen molar-refractivity contribution in [2.45, 2.75) is 20.8 Å². The van der Waals surface area contributed by atoms with E-state index in [9.17, 15) is 4.79 Å². The number of hydrogen-bond donors (Lipinski definition) is 2. The summed E-state index contributed by atoms with van der Waals surface area (Å²) < 4.78 is 0. The molecule has 0 saturated carbocycles. The first-order valence-electron chi connectivity index (χ1n) is 6.43. The van der Waals surface area contributed by atoms with Crippen LogP contribution in [0.25, 0.3) is 0 Å². The molecular weight excluding hydrogens is 232 g/mol. The molecule has 18 heavy (non-hydrogen) atoms. The van der Waals surface area contributed by atoms with Crippen LogP contribution in [-0.4, -0.2) is 59.5 Å². The summed E-state index contributed by atoms with van der Waals surface area (Å²) in [7, 11) is 0. The normalized spacial score (nSPS) is 20.2. The Labute approximate surface area is 108 Å². The molecule has 1 aliphatic rings. The predicted molar refractivity (Wildman–Crippen MR) is 70.4 cm³/mol. The summed E-state index contributed by atoms with van der Waals surface area (Å²) in [6.07, 6.45) is 0. The van der Waals surface area contributed by atoms with Crippen molar-refractivity contribution in [2.24, 2.45) is 22.7 Å². The zero-order chi connectivity index (χ0) is 13.7. The molecule has 1 amide bonds. The van der Waals surface area contributed by atoms with Gasteiger partial charge < -0.3 is 15.8 Å². The zero-order valence-electron chi connectivity index (χ0n) is 11.5. The highest BCUT2D eigenvalue weighted by Gasteiger charge is 2.26. The van der Waals surface area contributed by atoms with E-state index in [-0.39, 0.29) is 17.7 Å². The molecule has 1 heterocycles. The molecule has 6 heteroatoms. The van der Waals surface area contributed by atoms with Crippen LogP contribution in [0.15, 0.2) is 5.16 Å². The summed E-state index contributed by atoms with van der Waals surface area (Å²) in [5.74, 6) is 0.882. The molecule has 0 aromatic heterocycles. The third-order valence-corrected chi connectivity index (χ3v) is 3.59. The SMILES string of the molecule is CC(C)C(C)C(=O)N1CCN(CC(N)=NO)CC1. The van der Waals surface area contributed by atoms with Gasteiger partial charge in [-0.05, 0) is 5.92 Å². The molecule has 0 aromatic carbocycles. The fourth-order valence-corrected chi connectivity index (χ4v) is 1.96. The van der Waals surface area contributed by atoms with Crippen LogP contribution in [0.1, 0.15) is 20.8 Å². The van der Waals surface area contributed by atoms with Gasteiger partial charge >= 0.3 is 0 Å². The predicted octanol–water partition coefficient (Wildman–Crippen LogP) is 0.169. The average molecular weight is 256 g/mol. The summed E-state index contributed by atoms with van der Waals surface area (Å²) >= 11 is 0. The Balaban J connectivity index is 2.42. The molecule has 0 spiro atoms. The van der Waals surface area contributed by atoms with Crippen LogP contribution < -0.4 is 5.73 Å². The zero-order valence-corrected chi connectivity index (χ0v) is 11.5.